The summed E-state index contributed by atoms with van der Waals surface area (Å²) in [4.78, 5) is 0. The fourth-order valence-corrected chi connectivity index (χ4v) is 1.58. The van der Waals surface area contributed by atoms with Crippen molar-refractivity contribution in [3.05, 3.63) is 66.9 Å². The van der Waals surface area contributed by atoms with Gasteiger partial charge in [0.25, 0.3) is 0 Å². The first-order valence-corrected chi connectivity index (χ1v) is 6.04. The van der Waals surface area contributed by atoms with Crippen LogP contribution in [-0.4, -0.2) is 22.5 Å². The van der Waals surface area contributed by atoms with Gasteiger partial charge in [0.2, 0.25) is 0 Å². The molecule has 0 amide bonds. The quantitative estimate of drug-likeness (QED) is 0.736. The third kappa shape index (κ3) is 3.96. The summed E-state index contributed by atoms with van der Waals surface area (Å²) in [6.45, 7) is 0. The first-order chi connectivity index (χ1) is 9.40. The predicted octanol–water partition coefficient (Wildman–Crippen LogP) is 3.20. The van der Waals surface area contributed by atoms with Gasteiger partial charge in [0.05, 0.1) is 6.20 Å². The second-order valence-electron chi connectivity index (χ2n) is 3.84. The zero-order chi connectivity index (χ0) is 13.3. The molecule has 0 aliphatic heterocycles. The summed E-state index contributed by atoms with van der Waals surface area (Å²) in [5.41, 5.74) is 2.55. The van der Waals surface area contributed by atoms with Gasteiger partial charge in [0, 0.05) is 7.05 Å². The molecule has 0 fully saturated rings. The van der Waals surface area contributed by atoms with Gasteiger partial charge >= 0.3 is 0 Å². The summed E-state index contributed by atoms with van der Waals surface area (Å²) in [6, 6.07) is 20.8. The molecule has 3 aromatic rings. The van der Waals surface area contributed by atoms with Crippen molar-refractivity contribution in [2.75, 3.05) is 12.4 Å². The smallest absolute Gasteiger partial charge is 0.168 e. The number of nitrogens with one attached hydrogen (secondary N) is 2. The third-order valence-electron chi connectivity index (χ3n) is 2.55. The monoisotopic (exact) mass is 252 g/mol. The van der Waals surface area contributed by atoms with Gasteiger partial charge < -0.3 is 5.32 Å². The van der Waals surface area contributed by atoms with E-state index in [4.69, 9.17) is 0 Å². The number of H-pyrrole nitrogens is 1. The van der Waals surface area contributed by atoms with Crippen LogP contribution in [0.2, 0.25) is 0 Å². The molecule has 0 bridgehead atoms. The van der Waals surface area contributed by atoms with E-state index in [1.165, 1.54) is 11.1 Å². The summed E-state index contributed by atoms with van der Waals surface area (Å²) in [6.07, 6.45) is 1.61. The van der Waals surface area contributed by atoms with E-state index in [0.717, 1.165) is 5.82 Å². The van der Waals surface area contributed by atoms with E-state index in [1.54, 1.807) is 13.2 Å². The van der Waals surface area contributed by atoms with Crippen molar-refractivity contribution < 1.29 is 0 Å². The Morgan fingerprint density at radius 2 is 1.37 bits per heavy atom. The molecule has 19 heavy (non-hydrogen) atoms. The molecule has 1 aromatic heterocycles. The number of rotatable bonds is 2. The molecule has 0 aliphatic carbocycles. The van der Waals surface area contributed by atoms with E-state index in [1.807, 2.05) is 12.1 Å². The Labute approximate surface area is 112 Å². The average molecular weight is 252 g/mol. The molecule has 0 saturated heterocycles. The minimum atomic E-state index is 0.764. The van der Waals surface area contributed by atoms with Gasteiger partial charge in [-0.25, -0.2) is 0 Å². The number of benzene rings is 2. The molecule has 96 valence electrons. The van der Waals surface area contributed by atoms with Gasteiger partial charge in [-0.2, -0.15) is 10.3 Å². The predicted molar refractivity (Wildman–Crippen MR) is 77.8 cm³/mol. The first-order valence-electron chi connectivity index (χ1n) is 6.04. The molecule has 2 N–H and O–H groups in total. The van der Waals surface area contributed by atoms with Gasteiger partial charge in [-0.05, 0) is 11.1 Å². The molecule has 0 atom stereocenters. The summed E-state index contributed by atoms with van der Waals surface area (Å²) in [5, 5.41) is 12.5. The molecule has 4 nitrogen and oxygen atoms in total. The molecule has 3 rings (SSSR count). The number of anilines is 1. The normalized spacial score (nSPS) is 9.32. The standard InChI is InChI=1S/C12H10.C3H6N4/c1-3-7-11(8-4-1)12-9-5-2-6-10-12;1-4-3-2-5-7-6-3/h1-10H;2H,1H3,(H2,4,5,6,7). The number of hydrogen-bond acceptors (Lipinski definition) is 3. The van der Waals surface area contributed by atoms with Crippen LogP contribution in [0.1, 0.15) is 0 Å². The van der Waals surface area contributed by atoms with Crippen molar-refractivity contribution in [3.63, 3.8) is 0 Å². The SMILES string of the molecule is CNc1cn[nH]n1.c1ccc(-c2ccccc2)cc1. The molecular formula is C15H16N4. The van der Waals surface area contributed by atoms with Crippen LogP contribution in [0, 0.1) is 0 Å². The van der Waals surface area contributed by atoms with E-state index in [9.17, 15) is 0 Å². The fraction of sp³-hybridized carbons (Fsp3) is 0.0667. The molecule has 1 heterocycles. The number of nitrogens with zero attached hydrogens (tertiary/aromatic N) is 2. The maximum Gasteiger partial charge on any atom is 0.168 e. The van der Waals surface area contributed by atoms with Crippen molar-refractivity contribution in [2.45, 2.75) is 0 Å². The largest absolute Gasteiger partial charge is 0.370 e. The lowest BCUT2D eigenvalue weighted by molar-refractivity contribution is 0.941. The van der Waals surface area contributed by atoms with Gasteiger partial charge in [-0.3, -0.25) is 0 Å². The second kappa shape index (κ2) is 6.96. The summed E-state index contributed by atoms with van der Waals surface area (Å²) in [5.74, 6) is 0.764. The molecule has 2 aromatic carbocycles. The number of aromatic nitrogens is 3. The summed E-state index contributed by atoms with van der Waals surface area (Å²) < 4.78 is 0. The maximum absolute atomic E-state index is 3.69. The van der Waals surface area contributed by atoms with Crippen LogP contribution in [0.15, 0.2) is 66.9 Å². The highest BCUT2D eigenvalue weighted by molar-refractivity contribution is 5.62. The number of hydrogen-bond donors (Lipinski definition) is 2. The van der Waals surface area contributed by atoms with Crippen LogP contribution >= 0.6 is 0 Å². The minimum absolute atomic E-state index is 0.764. The van der Waals surface area contributed by atoms with Crippen LogP contribution in [0.25, 0.3) is 11.1 Å². The first kappa shape index (κ1) is 12.8. The molecule has 4 heteroatoms. The van der Waals surface area contributed by atoms with E-state index >= 15 is 0 Å². The molecule has 0 unspecified atom stereocenters. The van der Waals surface area contributed by atoms with Gasteiger partial charge in [0.15, 0.2) is 5.82 Å². The highest BCUT2D eigenvalue weighted by Crippen LogP contribution is 2.17. The zero-order valence-corrected chi connectivity index (χ0v) is 10.7. The van der Waals surface area contributed by atoms with E-state index < -0.39 is 0 Å². The van der Waals surface area contributed by atoms with Gasteiger partial charge in [0.1, 0.15) is 0 Å². The molecule has 0 radical (unpaired) electrons. The number of aromatic amines is 1. The zero-order valence-electron chi connectivity index (χ0n) is 10.7. The highest BCUT2D eigenvalue weighted by atomic mass is 15.3. The Morgan fingerprint density at radius 3 is 1.68 bits per heavy atom. The van der Waals surface area contributed by atoms with Crippen molar-refractivity contribution in [2.24, 2.45) is 0 Å². The summed E-state index contributed by atoms with van der Waals surface area (Å²) in [7, 11) is 1.79. The fourth-order valence-electron chi connectivity index (χ4n) is 1.58. The van der Waals surface area contributed by atoms with Crippen molar-refractivity contribution in [1.29, 1.82) is 0 Å². The molecule has 0 saturated carbocycles. The Balaban J connectivity index is 0.000000163. The molecular weight excluding hydrogens is 236 g/mol. The highest BCUT2D eigenvalue weighted by Gasteiger charge is 1.91. The van der Waals surface area contributed by atoms with Crippen molar-refractivity contribution in [1.82, 2.24) is 15.4 Å². The lowest BCUT2D eigenvalue weighted by Gasteiger charge is -1.98. The third-order valence-corrected chi connectivity index (χ3v) is 2.55. The second-order valence-corrected chi connectivity index (χ2v) is 3.84. The Bertz CT molecular complexity index is 524. The van der Waals surface area contributed by atoms with E-state index in [-0.39, 0.29) is 0 Å². The lowest BCUT2D eigenvalue weighted by Crippen LogP contribution is -1.85. The Morgan fingerprint density at radius 1 is 0.842 bits per heavy atom. The van der Waals surface area contributed by atoms with Crippen molar-refractivity contribution in [3.8, 4) is 11.1 Å². The summed E-state index contributed by atoms with van der Waals surface area (Å²) >= 11 is 0. The van der Waals surface area contributed by atoms with Crippen LogP contribution in [0.4, 0.5) is 5.82 Å². The maximum atomic E-state index is 3.69. The van der Waals surface area contributed by atoms with E-state index in [0.29, 0.717) is 0 Å². The van der Waals surface area contributed by atoms with Gasteiger partial charge in [-0.1, -0.05) is 60.7 Å². The van der Waals surface area contributed by atoms with Crippen LogP contribution in [-0.2, 0) is 0 Å². The van der Waals surface area contributed by atoms with Crippen LogP contribution in [0.5, 0.6) is 0 Å². The minimum Gasteiger partial charge on any atom is -0.370 e. The van der Waals surface area contributed by atoms with Crippen molar-refractivity contribution >= 4 is 5.82 Å². The topological polar surface area (TPSA) is 53.6 Å². The van der Waals surface area contributed by atoms with E-state index in [2.05, 4.69) is 69.3 Å². The Hall–Kier alpha value is -2.62. The van der Waals surface area contributed by atoms with Gasteiger partial charge in [-0.15, -0.1) is 5.10 Å². The van der Waals surface area contributed by atoms with Crippen LogP contribution < -0.4 is 5.32 Å². The molecule has 0 aliphatic rings. The van der Waals surface area contributed by atoms with Crippen LogP contribution in [0.3, 0.4) is 0 Å². The lowest BCUT2D eigenvalue weighted by atomic mass is 10.1. The average Bonchev–Trinajstić information content (AvgIpc) is 3.03. The molecule has 0 spiro atoms. The Kier molecular flexibility index (Phi) is 4.70.